The van der Waals surface area contributed by atoms with Crippen molar-refractivity contribution in [2.24, 2.45) is 5.41 Å². The van der Waals surface area contributed by atoms with Crippen molar-refractivity contribution in [2.75, 3.05) is 6.54 Å². The Kier molecular flexibility index (Phi) is 4.21. The zero-order valence-corrected chi connectivity index (χ0v) is 20.1. The van der Waals surface area contributed by atoms with Crippen LogP contribution in [0, 0.1) is 16.7 Å². The van der Waals surface area contributed by atoms with Gasteiger partial charge in [-0.25, -0.2) is 0 Å². The van der Waals surface area contributed by atoms with Gasteiger partial charge in [-0.3, -0.25) is 14.5 Å². The van der Waals surface area contributed by atoms with Crippen LogP contribution in [0.5, 0.6) is 0 Å². The van der Waals surface area contributed by atoms with Crippen molar-refractivity contribution in [1.29, 1.82) is 5.26 Å². The monoisotopic (exact) mass is 468 g/mol. The second kappa shape index (κ2) is 6.75. The average Bonchev–Trinajstić information content (AvgIpc) is 3.37. The third-order valence-electron chi connectivity index (χ3n) is 7.56. The molecular formula is C27H20N2O2S2. The zero-order valence-electron chi connectivity index (χ0n) is 18.4. The Morgan fingerprint density at radius 1 is 0.970 bits per heavy atom. The van der Waals surface area contributed by atoms with Gasteiger partial charge in [0, 0.05) is 20.1 Å². The van der Waals surface area contributed by atoms with Gasteiger partial charge in [0.05, 0.1) is 22.0 Å². The molecule has 4 aliphatic rings. The Balaban J connectivity index is 1.71. The lowest BCUT2D eigenvalue weighted by Gasteiger charge is -2.47. The number of nitrogens with zero attached hydrogens (tertiary/aromatic N) is 2. The molecule has 2 aromatic carbocycles. The van der Waals surface area contributed by atoms with Crippen molar-refractivity contribution in [2.45, 2.75) is 30.4 Å². The van der Waals surface area contributed by atoms with E-state index in [9.17, 15) is 14.9 Å². The molecule has 162 valence electrons. The molecule has 2 aromatic rings. The highest BCUT2D eigenvalue weighted by Gasteiger charge is 2.65. The van der Waals surface area contributed by atoms with E-state index >= 15 is 0 Å². The highest BCUT2D eigenvalue weighted by molar-refractivity contribution is 8.12. The lowest BCUT2D eigenvalue weighted by molar-refractivity contribution is -0.135. The molecule has 0 spiro atoms. The van der Waals surface area contributed by atoms with E-state index < -0.39 is 10.2 Å². The van der Waals surface area contributed by atoms with Gasteiger partial charge in [-0.1, -0.05) is 60.3 Å². The van der Waals surface area contributed by atoms with E-state index in [2.05, 4.69) is 39.0 Å². The van der Waals surface area contributed by atoms with Crippen LogP contribution in [0.4, 0.5) is 0 Å². The lowest BCUT2D eigenvalue weighted by Crippen LogP contribution is -2.44. The summed E-state index contributed by atoms with van der Waals surface area (Å²) in [5, 5.41) is 9.32. The number of carbonyl (C=O) groups is 2. The molecule has 3 heterocycles. The molecular weight excluding hydrogens is 448 g/mol. The van der Waals surface area contributed by atoms with Crippen LogP contribution in [0.1, 0.15) is 31.9 Å². The number of hydrogen-bond donors (Lipinski definition) is 0. The third kappa shape index (κ3) is 2.34. The van der Waals surface area contributed by atoms with Gasteiger partial charge in [0.15, 0.2) is 0 Å². The van der Waals surface area contributed by atoms with Crippen molar-refractivity contribution < 1.29 is 9.59 Å². The third-order valence-corrected chi connectivity index (χ3v) is 10.7. The second-order valence-corrected chi connectivity index (χ2v) is 11.5. The minimum atomic E-state index is -0.473. The van der Waals surface area contributed by atoms with Gasteiger partial charge < -0.3 is 0 Å². The van der Waals surface area contributed by atoms with Gasteiger partial charge in [0.25, 0.3) is 11.8 Å². The number of imide groups is 1. The van der Waals surface area contributed by atoms with Crippen LogP contribution < -0.4 is 0 Å². The molecule has 1 fully saturated rings. The van der Waals surface area contributed by atoms with Gasteiger partial charge in [0.1, 0.15) is 6.54 Å². The van der Waals surface area contributed by atoms with Gasteiger partial charge in [-0.05, 0) is 49.1 Å². The molecule has 0 saturated carbocycles. The SMILES string of the molecule is CC1=C(c2ccccc2)SC2=C3C(=O)N(CC#N)C(=O)C3=C3c4ccccc4SC3(C)C12C. The number of fused-ring (bicyclic) bond motifs is 6. The van der Waals surface area contributed by atoms with Crippen LogP contribution in [-0.2, 0) is 9.59 Å². The number of carbonyl (C=O) groups excluding carboxylic acids is 2. The molecule has 2 unspecified atom stereocenters. The first-order chi connectivity index (χ1) is 15.8. The van der Waals surface area contributed by atoms with E-state index in [-0.39, 0.29) is 18.4 Å². The maximum atomic E-state index is 13.6. The fourth-order valence-corrected chi connectivity index (χ4v) is 9.04. The summed E-state index contributed by atoms with van der Waals surface area (Å²) in [4.78, 5) is 31.5. The first kappa shape index (κ1) is 20.6. The van der Waals surface area contributed by atoms with Crippen molar-refractivity contribution in [3.63, 3.8) is 0 Å². The minimum Gasteiger partial charge on any atom is -0.269 e. The van der Waals surface area contributed by atoms with E-state index in [0.717, 1.165) is 36.3 Å². The second-order valence-electron chi connectivity index (χ2n) is 8.99. The van der Waals surface area contributed by atoms with Crippen LogP contribution in [0.2, 0.25) is 0 Å². The standard InChI is InChI=1S/C27H20N2O2S2/c1-15-22(16-9-5-4-6-10-16)32-23-20-19(24(30)29(14-13-28)25(20)31)21-17-11-7-8-12-18(17)33-27(21,3)26(15,23)2/h4-12H,14H2,1-3H3. The molecule has 6 rings (SSSR count). The zero-order chi connectivity index (χ0) is 23.1. The number of benzene rings is 2. The largest absolute Gasteiger partial charge is 0.269 e. The van der Waals surface area contributed by atoms with E-state index in [1.807, 2.05) is 42.5 Å². The normalized spacial score (nSPS) is 27.6. The topological polar surface area (TPSA) is 61.2 Å². The lowest BCUT2D eigenvalue weighted by atomic mass is 9.62. The molecule has 0 radical (unpaired) electrons. The summed E-state index contributed by atoms with van der Waals surface area (Å²) in [5.74, 6) is -0.702. The maximum Gasteiger partial charge on any atom is 0.263 e. The van der Waals surface area contributed by atoms with Crippen LogP contribution in [0.15, 0.2) is 81.1 Å². The molecule has 3 aliphatic heterocycles. The van der Waals surface area contributed by atoms with Gasteiger partial charge in [0.2, 0.25) is 0 Å². The quantitative estimate of drug-likeness (QED) is 0.421. The van der Waals surface area contributed by atoms with Gasteiger partial charge >= 0.3 is 0 Å². The number of amides is 2. The number of thioether (sulfide) groups is 2. The van der Waals surface area contributed by atoms with Crippen molar-refractivity contribution in [3.05, 3.63) is 87.3 Å². The number of hydrogen-bond acceptors (Lipinski definition) is 5. The number of allylic oxidation sites excluding steroid dienone is 2. The van der Waals surface area contributed by atoms with Crippen LogP contribution in [0.25, 0.3) is 10.5 Å². The summed E-state index contributed by atoms with van der Waals surface area (Å²) in [5.41, 5.74) is 4.76. The average molecular weight is 469 g/mol. The number of rotatable bonds is 2. The number of likely N-dealkylation sites (tertiary alicyclic amines) is 1. The summed E-state index contributed by atoms with van der Waals surface area (Å²) < 4.78 is -0.461. The molecule has 33 heavy (non-hydrogen) atoms. The molecule has 2 amide bonds. The fraction of sp³-hybridized carbons (Fsp3) is 0.222. The predicted octanol–water partition coefficient (Wildman–Crippen LogP) is 5.65. The van der Waals surface area contributed by atoms with Crippen LogP contribution in [0.3, 0.4) is 0 Å². The summed E-state index contributed by atoms with van der Waals surface area (Å²) in [6, 6.07) is 20.4. The summed E-state index contributed by atoms with van der Waals surface area (Å²) >= 11 is 3.39. The first-order valence-electron chi connectivity index (χ1n) is 10.8. The number of nitriles is 1. The van der Waals surface area contributed by atoms with Gasteiger partial charge in [-0.2, -0.15) is 5.26 Å². The molecule has 0 aromatic heterocycles. The molecule has 6 heteroatoms. The summed E-state index contributed by atoms with van der Waals surface area (Å²) in [6.45, 7) is 6.35. The highest BCUT2D eigenvalue weighted by Crippen LogP contribution is 2.75. The Labute approximate surface area is 201 Å². The van der Waals surface area contributed by atoms with Gasteiger partial charge in [-0.15, -0.1) is 11.8 Å². The molecule has 1 aliphatic carbocycles. The first-order valence-corrected chi connectivity index (χ1v) is 12.4. The Morgan fingerprint density at radius 2 is 1.64 bits per heavy atom. The summed E-state index contributed by atoms with van der Waals surface area (Å²) in [7, 11) is 0. The van der Waals surface area contributed by atoms with E-state index in [1.54, 1.807) is 23.5 Å². The minimum absolute atomic E-state index is 0.240. The maximum absolute atomic E-state index is 13.6. The predicted molar refractivity (Wildman–Crippen MR) is 132 cm³/mol. The van der Waals surface area contributed by atoms with E-state index in [4.69, 9.17) is 0 Å². The Morgan fingerprint density at radius 3 is 2.36 bits per heavy atom. The summed E-state index contributed by atoms with van der Waals surface area (Å²) in [6.07, 6.45) is 0. The van der Waals surface area contributed by atoms with E-state index in [0.29, 0.717) is 11.1 Å². The molecule has 0 bridgehead atoms. The van der Waals surface area contributed by atoms with Crippen molar-refractivity contribution in [3.8, 4) is 6.07 Å². The fourth-order valence-electron chi connectivity index (χ4n) is 5.67. The Hall–Kier alpha value is -3.01. The van der Waals surface area contributed by atoms with Crippen molar-refractivity contribution >= 4 is 45.8 Å². The molecule has 2 atom stereocenters. The van der Waals surface area contributed by atoms with Crippen LogP contribution >= 0.6 is 23.5 Å². The van der Waals surface area contributed by atoms with Crippen LogP contribution in [-0.4, -0.2) is 28.0 Å². The van der Waals surface area contributed by atoms with Crippen molar-refractivity contribution in [1.82, 2.24) is 4.90 Å². The molecule has 1 saturated heterocycles. The Bertz CT molecular complexity index is 1430. The molecule has 4 nitrogen and oxygen atoms in total. The van der Waals surface area contributed by atoms with E-state index in [1.165, 1.54) is 5.57 Å². The molecule has 0 N–H and O–H groups in total. The highest BCUT2D eigenvalue weighted by atomic mass is 32.2. The smallest absolute Gasteiger partial charge is 0.263 e.